The number of fused-ring (bicyclic) bond motifs is 7. The average molecular weight is 540 g/mol. The molecule has 3 aromatic rings. The van der Waals surface area contributed by atoms with E-state index in [-0.39, 0.29) is 11.9 Å². The van der Waals surface area contributed by atoms with E-state index in [0.29, 0.717) is 12.6 Å². The molecule has 0 spiro atoms. The largest absolute Gasteiger partial charge is 0.493 e. The van der Waals surface area contributed by atoms with Crippen molar-refractivity contribution in [1.29, 1.82) is 0 Å². The predicted octanol–water partition coefficient (Wildman–Crippen LogP) is 4.06. The van der Waals surface area contributed by atoms with Gasteiger partial charge in [-0.3, -0.25) is 14.6 Å². The minimum absolute atomic E-state index is 0.111. The zero-order valence-corrected chi connectivity index (χ0v) is 23.0. The number of carbonyl (C=O) groups excluding carboxylic acids is 1. The fraction of sp³-hybridized carbons (Fsp3) is 0.323. The van der Waals surface area contributed by atoms with E-state index in [2.05, 4.69) is 74.7 Å². The van der Waals surface area contributed by atoms with Crippen molar-refractivity contribution >= 4 is 23.2 Å². The Kier molecular flexibility index (Phi) is 9.05. The monoisotopic (exact) mass is 539 g/mol. The highest BCUT2D eigenvalue weighted by Gasteiger charge is 2.26. The maximum absolute atomic E-state index is 11.5. The van der Waals surface area contributed by atoms with Crippen LogP contribution in [0.15, 0.2) is 79.5 Å². The number of likely N-dealkylation sites (tertiary alicyclic amines) is 1. The lowest BCUT2D eigenvalue weighted by molar-refractivity contribution is -0.118. The molecule has 0 atom stereocenters. The van der Waals surface area contributed by atoms with Crippen LogP contribution < -0.4 is 20.7 Å². The Labute approximate surface area is 236 Å². The normalized spacial score (nSPS) is 17.2. The number of ether oxygens (including phenoxy) is 1. The van der Waals surface area contributed by atoms with E-state index in [1.54, 1.807) is 6.20 Å². The molecule has 3 heterocycles. The van der Waals surface area contributed by atoms with Crippen LogP contribution in [0.2, 0.25) is 0 Å². The Bertz CT molecular complexity index is 1350. The molecule has 0 unspecified atom stereocenters. The SMILES string of the molecule is C=CC(=O)NC1CN(CCNc2cc3cc(c2)Nc2nccc(n2)-c2cccc(c2)OCC/C=C/CN(C)C3)C1. The number of aromatic nitrogens is 2. The zero-order valence-electron chi connectivity index (χ0n) is 23.0. The Hall–Kier alpha value is -4.21. The summed E-state index contributed by atoms with van der Waals surface area (Å²) >= 11 is 0. The first-order chi connectivity index (χ1) is 19.5. The zero-order chi connectivity index (χ0) is 27.7. The minimum Gasteiger partial charge on any atom is -0.493 e. The summed E-state index contributed by atoms with van der Waals surface area (Å²) in [5.41, 5.74) is 4.96. The summed E-state index contributed by atoms with van der Waals surface area (Å²) in [4.78, 5) is 25.3. The van der Waals surface area contributed by atoms with E-state index in [1.165, 1.54) is 11.6 Å². The number of anilines is 3. The molecule has 1 aromatic heterocycles. The molecule has 3 N–H and O–H groups in total. The number of rotatable bonds is 6. The minimum atomic E-state index is -0.111. The van der Waals surface area contributed by atoms with Gasteiger partial charge in [-0.1, -0.05) is 30.9 Å². The molecule has 5 rings (SSSR count). The van der Waals surface area contributed by atoms with Gasteiger partial charge >= 0.3 is 0 Å². The number of nitrogens with zero attached hydrogens (tertiary/aromatic N) is 4. The van der Waals surface area contributed by atoms with Crippen LogP contribution in [-0.2, 0) is 11.3 Å². The highest BCUT2D eigenvalue weighted by atomic mass is 16.5. The van der Waals surface area contributed by atoms with E-state index in [1.807, 2.05) is 30.3 Å². The van der Waals surface area contributed by atoms with E-state index in [9.17, 15) is 4.79 Å². The smallest absolute Gasteiger partial charge is 0.243 e. The summed E-state index contributed by atoms with van der Waals surface area (Å²) in [6.45, 7) is 9.19. The number of hydrogen-bond acceptors (Lipinski definition) is 8. The predicted molar refractivity (Wildman–Crippen MR) is 160 cm³/mol. The van der Waals surface area contributed by atoms with Gasteiger partial charge in [-0.2, -0.15) is 0 Å². The van der Waals surface area contributed by atoms with Gasteiger partial charge in [0, 0.05) is 62.4 Å². The van der Waals surface area contributed by atoms with Crippen molar-refractivity contribution in [3.63, 3.8) is 0 Å². The lowest BCUT2D eigenvalue weighted by atomic mass is 10.1. The molecule has 40 heavy (non-hydrogen) atoms. The number of amides is 1. The summed E-state index contributed by atoms with van der Waals surface area (Å²) in [7, 11) is 2.12. The number of nitrogens with one attached hydrogen (secondary N) is 3. The molecule has 0 aliphatic carbocycles. The summed E-state index contributed by atoms with van der Waals surface area (Å²) in [5.74, 6) is 1.26. The van der Waals surface area contributed by atoms with Gasteiger partial charge in [-0.25, -0.2) is 9.97 Å². The van der Waals surface area contributed by atoms with E-state index >= 15 is 0 Å². The van der Waals surface area contributed by atoms with Gasteiger partial charge in [0.2, 0.25) is 11.9 Å². The third kappa shape index (κ3) is 7.68. The highest BCUT2D eigenvalue weighted by Crippen LogP contribution is 2.26. The molecule has 9 nitrogen and oxygen atoms in total. The van der Waals surface area contributed by atoms with Crippen LogP contribution in [0.1, 0.15) is 12.0 Å². The molecule has 2 aliphatic rings. The van der Waals surface area contributed by atoms with Crippen molar-refractivity contribution in [2.75, 3.05) is 57.0 Å². The second-order valence-electron chi connectivity index (χ2n) is 10.2. The van der Waals surface area contributed by atoms with Gasteiger partial charge in [-0.15, -0.1) is 0 Å². The number of hydrogen-bond donors (Lipinski definition) is 3. The van der Waals surface area contributed by atoms with E-state index in [0.717, 1.165) is 74.1 Å². The molecule has 6 bridgehead atoms. The van der Waals surface area contributed by atoms with Crippen LogP contribution in [0, 0.1) is 0 Å². The first kappa shape index (κ1) is 27.4. The quantitative estimate of drug-likeness (QED) is 0.319. The first-order valence-corrected chi connectivity index (χ1v) is 13.7. The molecule has 0 saturated carbocycles. The second-order valence-corrected chi connectivity index (χ2v) is 10.2. The fourth-order valence-corrected chi connectivity index (χ4v) is 4.87. The van der Waals surface area contributed by atoms with E-state index in [4.69, 9.17) is 9.72 Å². The van der Waals surface area contributed by atoms with Crippen LogP contribution >= 0.6 is 0 Å². The van der Waals surface area contributed by atoms with Crippen LogP contribution in [0.25, 0.3) is 11.3 Å². The van der Waals surface area contributed by atoms with Gasteiger partial charge in [0.25, 0.3) is 0 Å². The highest BCUT2D eigenvalue weighted by molar-refractivity contribution is 5.87. The van der Waals surface area contributed by atoms with Gasteiger partial charge in [0.15, 0.2) is 0 Å². The van der Waals surface area contributed by atoms with Crippen molar-refractivity contribution in [2.24, 2.45) is 0 Å². The molecule has 2 aliphatic heterocycles. The van der Waals surface area contributed by atoms with Gasteiger partial charge in [0.05, 0.1) is 18.3 Å². The topological polar surface area (TPSA) is 94.7 Å². The third-order valence-electron chi connectivity index (χ3n) is 6.87. The van der Waals surface area contributed by atoms with Crippen LogP contribution in [-0.4, -0.2) is 78.1 Å². The molecule has 1 amide bonds. The summed E-state index contributed by atoms with van der Waals surface area (Å²) in [6, 6.07) is 16.6. The fourth-order valence-electron chi connectivity index (χ4n) is 4.87. The molecule has 1 fully saturated rings. The van der Waals surface area contributed by atoms with Crippen molar-refractivity contribution in [3.8, 4) is 17.0 Å². The van der Waals surface area contributed by atoms with Crippen LogP contribution in [0.5, 0.6) is 5.75 Å². The van der Waals surface area contributed by atoms with Crippen LogP contribution in [0.4, 0.5) is 17.3 Å². The molecule has 208 valence electrons. The van der Waals surface area contributed by atoms with Crippen LogP contribution in [0.3, 0.4) is 0 Å². The lowest BCUT2D eigenvalue weighted by Crippen LogP contribution is -2.59. The van der Waals surface area contributed by atoms with E-state index < -0.39 is 0 Å². The van der Waals surface area contributed by atoms with Gasteiger partial charge in [0.1, 0.15) is 5.75 Å². The maximum Gasteiger partial charge on any atom is 0.243 e. The Morgan fingerprint density at radius 2 is 2.10 bits per heavy atom. The summed E-state index contributed by atoms with van der Waals surface area (Å²) in [6.07, 6.45) is 8.31. The molecule has 9 heteroatoms. The standard InChI is InChI=1S/C31H37N7O2/c1-3-30(39)34-27-21-38(22-27)14-12-32-25-16-23-17-26(19-25)35-31-33-11-10-29(36-31)24-8-7-9-28(18-24)40-15-6-4-5-13-37(2)20-23/h3-5,7-11,16-19,27,32H,1,6,12-15,20-22H2,2H3,(H,34,39)(H,33,35,36)/b5-4+. The third-order valence-corrected chi connectivity index (χ3v) is 6.87. The van der Waals surface area contributed by atoms with Crippen molar-refractivity contribution in [1.82, 2.24) is 25.1 Å². The Balaban J connectivity index is 1.31. The van der Waals surface area contributed by atoms with Crippen molar-refractivity contribution in [3.05, 3.63) is 85.1 Å². The van der Waals surface area contributed by atoms with Gasteiger partial charge < -0.3 is 20.7 Å². The summed E-state index contributed by atoms with van der Waals surface area (Å²) in [5, 5.41) is 9.94. The number of likely N-dealkylation sites (N-methyl/N-ethyl adjacent to an activating group) is 1. The summed E-state index contributed by atoms with van der Waals surface area (Å²) < 4.78 is 5.97. The molecule has 1 saturated heterocycles. The number of benzene rings is 2. The van der Waals surface area contributed by atoms with Crippen molar-refractivity contribution in [2.45, 2.75) is 19.0 Å². The molecule has 0 radical (unpaired) electrons. The number of carbonyl (C=O) groups is 1. The Morgan fingerprint density at radius 1 is 1.20 bits per heavy atom. The van der Waals surface area contributed by atoms with Gasteiger partial charge in [-0.05, 0) is 61.5 Å². The molecular formula is C31H37N7O2. The Morgan fingerprint density at radius 3 is 2.98 bits per heavy atom. The first-order valence-electron chi connectivity index (χ1n) is 13.7. The molecular weight excluding hydrogens is 502 g/mol. The molecule has 2 aromatic carbocycles. The van der Waals surface area contributed by atoms with Crippen molar-refractivity contribution < 1.29 is 9.53 Å². The second kappa shape index (κ2) is 13.2. The lowest BCUT2D eigenvalue weighted by Gasteiger charge is -2.39. The maximum atomic E-state index is 11.5. The average Bonchev–Trinajstić information content (AvgIpc) is 2.93.